The molecule has 0 aliphatic heterocycles. The maximum atomic E-state index is 2.61. The Kier molecular flexibility index (Phi) is 8.89. The average molecular weight is 892 g/mol. The monoisotopic (exact) mass is 891 g/mol. The molecule has 0 saturated carbocycles. The molecule has 2 aliphatic rings. The Morgan fingerprint density at radius 1 is 0.290 bits per heavy atom. The van der Waals surface area contributed by atoms with Gasteiger partial charge in [-0.15, -0.1) is 0 Å². The molecule has 14 rings (SSSR count). The summed E-state index contributed by atoms with van der Waals surface area (Å²) in [5.41, 5.74) is 18.6. The average Bonchev–Trinajstić information content (AvgIpc) is 4.04. The zero-order valence-electron chi connectivity index (χ0n) is 37.9. The maximum absolute atomic E-state index is 2.98. The van der Waals surface area contributed by atoms with Gasteiger partial charge in [0, 0.05) is 21.9 Å². The summed E-state index contributed by atoms with van der Waals surface area (Å²) in [4.78, 5) is 0. The number of hydrogen-bond acceptors (Lipinski definition) is 0. The van der Waals surface area contributed by atoms with Crippen molar-refractivity contribution in [2.75, 3.05) is 0 Å². The molecule has 1 heterocycles. The van der Waals surface area contributed by atoms with Gasteiger partial charge in [-0.1, -0.05) is 261 Å². The Labute approximate surface area is 403 Å². The molecule has 2 heteroatoms. The first-order chi connectivity index (χ1) is 34.3. The molecule has 0 N–H and O–H groups in total. The molecule has 0 atom stereocenters. The highest BCUT2D eigenvalue weighted by Gasteiger charge is 2.52. The van der Waals surface area contributed by atoms with E-state index in [0.717, 1.165) is 0 Å². The molecule has 0 radical (unpaired) electrons. The van der Waals surface area contributed by atoms with E-state index in [9.17, 15) is 0 Å². The highest BCUT2D eigenvalue weighted by molar-refractivity contribution is 7.20. The molecule has 322 valence electrons. The summed E-state index contributed by atoms with van der Waals surface area (Å²) in [6.45, 7) is 0. The van der Waals surface area contributed by atoms with Gasteiger partial charge < -0.3 is 4.57 Å². The smallest absolute Gasteiger partial charge is 0.179 e. The quantitative estimate of drug-likeness (QED) is 0.111. The van der Waals surface area contributed by atoms with Crippen molar-refractivity contribution in [3.8, 4) is 50.2 Å². The van der Waals surface area contributed by atoms with Crippen LogP contribution in [-0.4, -0.2) is 12.6 Å². The van der Waals surface area contributed by atoms with Crippen LogP contribution < -0.4 is 20.7 Å². The highest BCUT2D eigenvalue weighted by atomic mass is 28.3. The first kappa shape index (κ1) is 39.6. The second kappa shape index (κ2) is 15.5. The molecule has 1 aromatic heterocycles. The fourth-order valence-corrected chi connectivity index (χ4v) is 17.5. The number of nitrogens with zero attached hydrogens (tertiary/aromatic N) is 1. The molecule has 0 fully saturated rings. The molecule has 0 unspecified atom stereocenters. The highest BCUT2D eigenvalue weighted by Crippen LogP contribution is 2.64. The van der Waals surface area contributed by atoms with E-state index < -0.39 is 13.5 Å². The number of benzene rings is 11. The van der Waals surface area contributed by atoms with Crippen LogP contribution in [0, 0.1) is 0 Å². The summed E-state index contributed by atoms with van der Waals surface area (Å²) >= 11 is 0. The first-order valence-corrected chi connectivity index (χ1v) is 26.1. The summed E-state index contributed by atoms with van der Waals surface area (Å²) in [6.07, 6.45) is 0. The number of para-hydroxylation sites is 1. The lowest BCUT2D eigenvalue weighted by Crippen LogP contribution is -2.74. The van der Waals surface area contributed by atoms with Crippen molar-refractivity contribution >= 4 is 50.6 Å². The normalized spacial score (nSPS) is 13.0. The van der Waals surface area contributed by atoms with Crippen molar-refractivity contribution in [3.63, 3.8) is 0 Å². The molecular weight excluding hydrogens is 847 g/mol. The summed E-state index contributed by atoms with van der Waals surface area (Å²) < 4.78 is 2.61. The topological polar surface area (TPSA) is 4.93 Å². The van der Waals surface area contributed by atoms with Crippen LogP contribution in [0.3, 0.4) is 0 Å². The fourth-order valence-electron chi connectivity index (χ4n) is 12.7. The molecule has 11 aromatic carbocycles. The number of rotatable bonds is 7. The lowest BCUT2D eigenvalue weighted by Gasteiger charge is -2.36. The van der Waals surface area contributed by atoms with E-state index in [1.54, 1.807) is 0 Å². The van der Waals surface area contributed by atoms with Crippen LogP contribution in [0.2, 0.25) is 0 Å². The van der Waals surface area contributed by atoms with Gasteiger partial charge >= 0.3 is 0 Å². The Bertz CT molecular complexity index is 3730. The Morgan fingerprint density at radius 2 is 0.696 bits per heavy atom. The van der Waals surface area contributed by atoms with Crippen LogP contribution in [0.15, 0.2) is 273 Å². The maximum Gasteiger partial charge on any atom is 0.179 e. The minimum atomic E-state index is -2.98. The molecule has 69 heavy (non-hydrogen) atoms. The molecule has 2 aliphatic carbocycles. The van der Waals surface area contributed by atoms with E-state index >= 15 is 0 Å². The Hall–Kier alpha value is -8.56. The first-order valence-electron chi connectivity index (χ1n) is 24.1. The zero-order valence-corrected chi connectivity index (χ0v) is 38.9. The van der Waals surface area contributed by atoms with Gasteiger partial charge in [-0.3, -0.25) is 0 Å². The van der Waals surface area contributed by atoms with E-state index in [1.807, 2.05) is 0 Å². The van der Waals surface area contributed by atoms with Crippen LogP contribution in [0.4, 0.5) is 0 Å². The lowest BCUT2D eigenvalue weighted by molar-refractivity contribution is 0.794. The number of hydrogen-bond donors (Lipinski definition) is 0. The van der Waals surface area contributed by atoms with Crippen LogP contribution in [0.1, 0.15) is 22.3 Å². The predicted molar refractivity (Wildman–Crippen MR) is 292 cm³/mol. The third-order valence-electron chi connectivity index (χ3n) is 15.4. The molecular formula is C67H45NSi. The van der Waals surface area contributed by atoms with E-state index in [-0.39, 0.29) is 0 Å². The summed E-state index contributed by atoms with van der Waals surface area (Å²) in [5, 5.41) is 7.93. The minimum Gasteiger partial charge on any atom is -0.308 e. The predicted octanol–water partition coefficient (Wildman–Crippen LogP) is 13.8. The Balaban J connectivity index is 1.15. The number of aromatic nitrogens is 1. The van der Waals surface area contributed by atoms with Crippen molar-refractivity contribution < 1.29 is 0 Å². The van der Waals surface area contributed by atoms with Gasteiger partial charge in [0.25, 0.3) is 0 Å². The number of fused-ring (bicyclic) bond motifs is 14. The van der Waals surface area contributed by atoms with Gasteiger partial charge in [0.15, 0.2) is 8.07 Å². The Morgan fingerprint density at radius 3 is 1.20 bits per heavy atom. The van der Waals surface area contributed by atoms with Gasteiger partial charge in [0.05, 0.1) is 22.1 Å². The summed E-state index contributed by atoms with van der Waals surface area (Å²) in [6, 6.07) is 103. The summed E-state index contributed by atoms with van der Waals surface area (Å²) in [5.74, 6) is 0. The van der Waals surface area contributed by atoms with Crippen molar-refractivity contribution in [3.05, 3.63) is 295 Å². The van der Waals surface area contributed by atoms with Gasteiger partial charge in [0.1, 0.15) is 0 Å². The molecule has 1 spiro atoms. The molecule has 1 nitrogen and oxygen atoms in total. The van der Waals surface area contributed by atoms with E-state index in [4.69, 9.17) is 0 Å². The van der Waals surface area contributed by atoms with Crippen LogP contribution in [0.25, 0.3) is 72.0 Å². The SMILES string of the molecule is c1ccc(-c2cc([Si](c3ccccc3)(c3ccccc3)c3ccccc3)cc(-c3ccccc3)c2-n2c3ccccc3c3c4c(ccc32)C2(c3ccccc3-c3ccccc32)c2ccccc2-4)cc1. The molecule has 0 amide bonds. The molecule has 0 saturated heterocycles. The standard InChI is InChI=1S/C67H45NSi/c1-6-24-46(25-7-1)56-44-51(69(48-28-10-3-11-29-48,49-30-12-4-13-31-49)50-32-14-5-15-33-50)45-57(47-26-8-2-9-27-47)66(56)68-62-41-23-19-37-55(62)65-63(68)43-42-61-64(65)54-36-18-22-40-60(54)67(61)58-38-20-16-34-52(58)53-35-17-21-39-59(53)67/h1-45H. The van der Waals surface area contributed by atoms with Gasteiger partial charge in [0.2, 0.25) is 0 Å². The van der Waals surface area contributed by atoms with Gasteiger partial charge in [-0.25, -0.2) is 0 Å². The minimum absolute atomic E-state index is 0.442. The zero-order chi connectivity index (χ0) is 45.5. The van der Waals surface area contributed by atoms with Crippen molar-refractivity contribution in [2.45, 2.75) is 5.41 Å². The van der Waals surface area contributed by atoms with Crippen molar-refractivity contribution in [1.82, 2.24) is 4.57 Å². The molecule has 0 bridgehead atoms. The van der Waals surface area contributed by atoms with Crippen LogP contribution >= 0.6 is 0 Å². The van der Waals surface area contributed by atoms with Gasteiger partial charge in [-0.2, -0.15) is 0 Å². The van der Waals surface area contributed by atoms with E-state index in [0.29, 0.717) is 0 Å². The molecule has 12 aromatic rings. The largest absolute Gasteiger partial charge is 0.308 e. The second-order valence-corrected chi connectivity index (χ2v) is 22.4. The third-order valence-corrected chi connectivity index (χ3v) is 20.1. The van der Waals surface area contributed by atoms with Crippen LogP contribution in [0.5, 0.6) is 0 Å². The van der Waals surface area contributed by atoms with Gasteiger partial charge in [-0.05, 0) is 88.5 Å². The fraction of sp³-hybridized carbons (Fsp3) is 0.0149. The van der Waals surface area contributed by atoms with E-state index in [1.165, 1.54) is 115 Å². The summed E-state index contributed by atoms with van der Waals surface area (Å²) in [7, 11) is -2.98. The lowest BCUT2D eigenvalue weighted by atomic mass is 9.70. The third kappa shape index (κ3) is 5.52. The van der Waals surface area contributed by atoms with Crippen LogP contribution in [-0.2, 0) is 5.41 Å². The van der Waals surface area contributed by atoms with E-state index in [2.05, 4.69) is 278 Å². The van der Waals surface area contributed by atoms with Crippen molar-refractivity contribution in [2.24, 2.45) is 0 Å². The second-order valence-electron chi connectivity index (χ2n) is 18.6. The van der Waals surface area contributed by atoms with Crippen molar-refractivity contribution in [1.29, 1.82) is 0 Å².